The number of nitrogens with two attached hydrogens (primary N) is 1. The van der Waals surface area contributed by atoms with Crippen molar-refractivity contribution in [3.8, 4) is 0 Å². The molecule has 0 unspecified atom stereocenters. The fraction of sp³-hybridized carbons (Fsp3) is 0.308. The molecule has 21 heavy (non-hydrogen) atoms. The van der Waals surface area contributed by atoms with Crippen molar-refractivity contribution in [3.05, 3.63) is 30.6 Å². The van der Waals surface area contributed by atoms with Gasteiger partial charge in [-0.25, -0.2) is 4.98 Å². The highest BCUT2D eigenvalue weighted by Gasteiger charge is 2.34. The Balaban J connectivity index is 2.16. The van der Waals surface area contributed by atoms with Gasteiger partial charge in [0.05, 0.1) is 24.2 Å². The molecule has 0 bridgehead atoms. The number of benzene rings is 1. The topological polar surface area (TPSA) is 84.5 Å². The van der Waals surface area contributed by atoms with Gasteiger partial charge in [-0.05, 0) is 12.1 Å². The minimum absolute atomic E-state index is 0.0221. The lowest BCUT2D eigenvalue weighted by Gasteiger charge is -2.36. The molecule has 1 aromatic heterocycles. The van der Waals surface area contributed by atoms with Gasteiger partial charge >= 0.3 is 0 Å². The fourth-order valence-corrected chi connectivity index (χ4v) is 4.26. The maximum atomic E-state index is 12.9. The minimum Gasteiger partial charge on any atom is -0.381 e. The van der Waals surface area contributed by atoms with Crippen molar-refractivity contribution in [2.45, 2.75) is 5.03 Å². The van der Waals surface area contributed by atoms with Crippen LogP contribution in [-0.4, -0.2) is 38.1 Å². The summed E-state index contributed by atoms with van der Waals surface area (Å²) >= 11 is 0. The van der Waals surface area contributed by atoms with E-state index in [1.54, 1.807) is 13.1 Å². The van der Waals surface area contributed by atoms with E-state index in [0.717, 1.165) is 5.69 Å². The third kappa shape index (κ3) is 2.02. The summed E-state index contributed by atoms with van der Waals surface area (Å²) in [4.78, 5) is 5.91. The average molecular weight is 307 g/mol. The van der Waals surface area contributed by atoms with Crippen LogP contribution in [0.2, 0.25) is 0 Å². The second-order valence-electron chi connectivity index (χ2n) is 5.03. The summed E-state index contributed by atoms with van der Waals surface area (Å²) in [5.41, 5.74) is 7.27. The first-order chi connectivity index (χ1) is 9.93. The SMILES string of the molecule is CN1CCN(S(=O)(=O)c2c(N)ncn2C)c2ccccc21. The monoisotopic (exact) mass is 307 g/mol. The van der Waals surface area contributed by atoms with Gasteiger partial charge in [0.25, 0.3) is 10.0 Å². The van der Waals surface area contributed by atoms with Crippen molar-refractivity contribution in [1.82, 2.24) is 9.55 Å². The van der Waals surface area contributed by atoms with E-state index in [9.17, 15) is 8.42 Å². The molecule has 3 rings (SSSR count). The van der Waals surface area contributed by atoms with Crippen LogP contribution < -0.4 is 14.9 Å². The number of likely N-dealkylation sites (N-methyl/N-ethyl adjacent to an activating group) is 1. The van der Waals surface area contributed by atoms with Gasteiger partial charge in [0.15, 0.2) is 10.8 Å². The normalized spacial score (nSPS) is 15.1. The lowest BCUT2D eigenvalue weighted by Crippen LogP contribution is -2.43. The summed E-state index contributed by atoms with van der Waals surface area (Å²) in [6.45, 7) is 0.995. The molecule has 7 nitrogen and oxygen atoms in total. The highest BCUT2D eigenvalue weighted by molar-refractivity contribution is 7.92. The summed E-state index contributed by atoms with van der Waals surface area (Å²) < 4.78 is 28.7. The molecule has 1 aromatic carbocycles. The Morgan fingerprint density at radius 1 is 1.14 bits per heavy atom. The quantitative estimate of drug-likeness (QED) is 0.880. The van der Waals surface area contributed by atoms with Crippen LogP contribution in [0.3, 0.4) is 0 Å². The summed E-state index contributed by atoms with van der Waals surface area (Å²) in [5.74, 6) is 0.0221. The highest BCUT2D eigenvalue weighted by atomic mass is 32.2. The number of nitrogen functional groups attached to an aromatic ring is 1. The van der Waals surface area contributed by atoms with Crippen LogP contribution in [0.5, 0.6) is 0 Å². The number of hydrogen-bond donors (Lipinski definition) is 1. The number of nitrogens with zero attached hydrogens (tertiary/aromatic N) is 4. The van der Waals surface area contributed by atoms with Gasteiger partial charge in [-0.2, -0.15) is 8.42 Å². The Kier molecular flexibility index (Phi) is 3.05. The van der Waals surface area contributed by atoms with Crippen LogP contribution in [0.15, 0.2) is 35.6 Å². The zero-order valence-electron chi connectivity index (χ0n) is 11.9. The average Bonchev–Trinajstić information content (AvgIpc) is 2.79. The highest BCUT2D eigenvalue weighted by Crippen LogP contribution is 2.36. The largest absolute Gasteiger partial charge is 0.381 e. The zero-order chi connectivity index (χ0) is 15.2. The number of rotatable bonds is 2. The van der Waals surface area contributed by atoms with E-state index in [0.29, 0.717) is 18.8 Å². The van der Waals surface area contributed by atoms with Gasteiger partial charge in [0.1, 0.15) is 0 Å². The molecule has 112 valence electrons. The molecule has 2 heterocycles. The van der Waals surface area contributed by atoms with Gasteiger partial charge in [0, 0.05) is 20.6 Å². The van der Waals surface area contributed by atoms with Crippen molar-refractivity contribution in [2.75, 3.05) is 35.1 Å². The van der Waals surface area contributed by atoms with E-state index in [4.69, 9.17) is 5.73 Å². The van der Waals surface area contributed by atoms with Gasteiger partial charge in [-0.1, -0.05) is 12.1 Å². The minimum atomic E-state index is -3.73. The van der Waals surface area contributed by atoms with Crippen molar-refractivity contribution < 1.29 is 8.42 Å². The number of para-hydroxylation sites is 2. The van der Waals surface area contributed by atoms with Gasteiger partial charge in [-0.15, -0.1) is 0 Å². The Hall–Kier alpha value is -2.22. The van der Waals surface area contributed by atoms with Crippen LogP contribution in [0, 0.1) is 0 Å². The van der Waals surface area contributed by atoms with Crippen molar-refractivity contribution >= 4 is 27.2 Å². The second-order valence-corrected chi connectivity index (χ2v) is 6.81. The Morgan fingerprint density at radius 2 is 1.81 bits per heavy atom. The number of fused-ring (bicyclic) bond motifs is 1. The standard InChI is InChI=1S/C13H17N5O2S/c1-16-7-8-18(11-6-4-3-5-10(11)16)21(19,20)13-12(14)15-9-17(13)2/h3-6,9H,7-8,14H2,1-2H3. The molecule has 0 atom stereocenters. The fourth-order valence-electron chi connectivity index (χ4n) is 2.58. The Bertz CT molecular complexity index is 764. The number of anilines is 3. The molecular formula is C13H17N5O2S. The van der Waals surface area contributed by atoms with E-state index >= 15 is 0 Å². The predicted octanol–water partition coefficient (Wildman–Crippen LogP) is 0.647. The number of hydrogen-bond acceptors (Lipinski definition) is 5. The summed E-state index contributed by atoms with van der Waals surface area (Å²) in [6, 6.07) is 7.43. The lowest BCUT2D eigenvalue weighted by molar-refractivity contribution is 0.580. The molecule has 0 amide bonds. The van der Waals surface area contributed by atoms with Crippen molar-refractivity contribution in [1.29, 1.82) is 0 Å². The number of aryl methyl sites for hydroxylation is 1. The zero-order valence-corrected chi connectivity index (χ0v) is 12.7. The third-order valence-electron chi connectivity index (χ3n) is 3.64. The molecule has 1 aliphatic heterocycles. The third-order valence-corrected chi connectivity index (χ3v) is 5.59. The molecule has 0 aliphatic carbocycles. The second kappa shape index (κ2) is 4.66. The number of sulfonamides is 1. The first kappa shape index (κ1) is 13.7. The van der Waals surface area contributed by atoms with Gasteiger partial charge < -0.3 is 15.2 Å². The van der Waals surface area contributed by atoms with Crippen LogP contribution in [0.1, 0.15) is 0 Å². The molecule has 0 saturated carbocycles. The first-order valence-corrected chi connectivity index (χ1v) is 7.96. The Labute approximate surface area is 123 Å². The molecule has 0 fully saturated rings. The summed E-state index contributed by atoms with van der Waals surface area (Å²) in [7, 11) is -0.166. The van der Waals surface area contributed by atoms with Crippen LogP contribution >= 0.6 is 0 Å². The van der Waals surface area contributed by atoms with Gasteiger partial charge in [-0.3, -0.25) is 4.31 Å². The van der Waals surface area contributed by atoms with Crippen molar-refractivity contribution in [3.63, 3.8) is 0 Å². The molecule has 0 saturated heterocycles. The molecule has 1 aliphatic rings. The smallest absolute Gasteiger partial charge is 0.283 e. The molecule has 0 radical (unpaired) electrons. The molecule has 0 spiro atoms. The van der Waals surface area contributed by atoms with E-state index in [-0.39, 0.29) is 10.8 Å². The van der Waals surface area contributed by atoms with E-state index in [1.165, 1.54) is 15.2 Å². The molecular weight excluding hydrogens is 290 g/mol. The van der Waals surface area contributed by atoms with Crippen LogP contribution in [0.25, 0.3) is 0 Å². The molecule has 8 heteroatoms. The number of aromatic nitrogens is 2. The Morgan fingerprint density at radius 3 is 2.43 bits per heavy atom. The summed E-state index contributed by atoms with van der Waals surface area (Å²) in [5, 5.41) is 0.0295. The number of imidazole rings is 1. The van der Waals surface area contributed by atoms with E-state index in [2.05, 4.69) is 4.98 Å². The lowest BCUT2D eigenvalue weighted by atomic mass is 10.2. The maximum Gasteiger partial charge on any atom is 0.283 e. The van der Waals surface area contributed by atoms with Crippen LogP contribution in [0.4, 0.5) is 17.2 Å². The van der Waals surface area contributed by atoms with Crippen LogP contribution in [-0.2, 0) is 17.1 Å². The van der Waals surface area contributed by atoms with E-state index in [1.807, 2.05) is 30.1 Å². The first-order valence-electron chi connectivity index (χ1n) is 6.52. The molecule has 2 aromatic rings. The predicted molar refractivity (Wildman–Crippen MR) is 81.9 cm³/mol. The summed E-state index contributed by atoms with van der Waals surface area (Å²) in [6.07, 6.45) is 1.41. The van der Waals surface area contributed by atoms with Gasteiger partial charge in [0.2, 0.25) is 0 Å². The van der Waals surface area contributed by atoms with Crippen molar-refractivity contribution in [2.24, 2.45) is 7.05 Å². The van der Waals surface area contributed by atoms with E-state index < -0.39 is 10.0 Å². The molecule has 2 N–H and O–H groups in total. The maximum absolute atomic E-state index is 12.9.